The number of hydrogen-bond donors (Lipinski definition) is 1. The van der Waals surface area contributed by atoms with Crippen molar-refractivity contribution in [2.24, 2.45) is 5.92 Å². The second-order valence-electron chi connectivity index (χ2n) is 7.19. The van der Waals surface area contributed by atoms with Gasteiger partial charge in [-0.3, -0.25) is 4.79 Å². The molecule has 1 saturated heterocycles. The van der Waals surface area contributed by atoms with Crippen LogP contribution in [0.25, 0.3) is 0 Å². The Balaban J connectivity index is 1.64. The molecule has 1 amide bonds. The van der Waals surface area contributed by atoms with Crippen molar-refractivity contribution in [1.29, 1.82) is 0 Å². The zero-order valence-electron chi connectivity index (χ0n) is 16.4. The first kappa shape index (κ1) is 22.8. The van der Waals surface area contributed by atoms with Crippen molar-refractivity contribution in [3.63, 3.8) is 0 Å². The highest BCUT2D eigenvalue weighted by Gasteiger charge is 2.35. The molecule has 1 aromatic carbocycles. The quantitative estimate of drug-likeness (QED) is 0.693. The molecule has 1 N–H and O–H groups in total. The lowest BCUT2D eigenvalue weighted by Crippen LogP contribution is -2.43. The van der Waals surface area contributed by atoms with Gasteiger partial charge in [-0.1, -0.05) is 19.1 Å². The highest BCUT2D eigenvalue weighted by Crippen LogP contribution is 2.32. The van der Waals surface area contributed by atoms with Crippen molar-refractivity contribution in [3.05, 3.63) is 52.2 Å². The van der Waals surface area contributed by atoms with E-state index in [0.717, 1.165) is 33.8 Å². The van der Waals surface area contributed by atoms with E-state index in [1.54, 1.807) is 11.3 Å². The van der Waals surface area contributed by atoms with Crippen LogP contribution in [-0.4, -0.2) is 31.7 Å². The first-order valence-corrected chi connectivity index (χ1v) is 12.0. The van der Waals surface area contributed by atoms with Crippen LogP contribution in [0.15, 0.2) is 46.7 Å². The lowest BCUT2D eigenvalue weighted by Gasteiger charge is -2.31. The van der Waals surface area contributed by atoms with Gasteiger partial charge in [0.25, 0.3) is 0 Å². The molecule has 5 nitrogen and oxygen atoms in total. The summed E-state index contributed by atoms with van der Waals surface area (Å²) < 4.78 is 65.5. The van der Waals surface area contributed by atoms with Crippen LogP contribution in [0.5, 0.6) is 0 Å². The average Bonchev–Trinajstić information content (AvgIpc) is 3.26. The minimum Gasteiger partial charge on any atom is -0.348 e. The van der Waals surface area contributed by atoms with E-state index in [2.05, 4.69) is 5.32 Å². The van der Waals surface area contributed by atoms with Crippen molar-refractivity contribution >= 4 is 27.3 Å². The van der Waals surface area contributed by atoms with Gasteiger partial charge >= 0.3 is 6.18 Å². The summed E-state index contributed by atoms with van der Waals surface area (Å²) in [5, 5.41) is 4.97. The van der Waals surface area contributed by atoms with E-state index in [1.807, 2.05) is 24.4 Å². The minimum atomic E-state index is -4.62. The summed E-state index contributed by atoms with van der Waals surface area (Å²) in [5.74, 6) is -0.446. The number of thiophene rings is 1. The van der Waals surface area contributed by atoms with Gasteiger partial charge in [0.15, 0.2) is 0 Å². The molecule has 1 aliphatic rings. The Kier molecular flexibility index (Phi) is 6.88. The van der Waals surface area contributed by atoms with Crippen LogP contribution in [0.2, 0.25) is 0 Å². The number of nitrogens with one attached hydrogen (secondary N) is 1. The number of sulfonamides is 1. The van der Waals surface area contributed by atoms with Crippen LogP contribution in [0, 0.1) is 5.92 Å². The van der Waals surface area contributed by atoms with E-state index in [0.29, 0.717) is 18.9 Å². The molecule has 10 heteroatoms. The van der Waals surface area contributed by atoms with Crippen LogP contribution < -0.4 is 5.32 Å². The van der Waals surface area contributed by atoms with Crippen molar-refractivity contribution in [1.82, 2.24) is 9.62 Å². The van der Waals surface area contributed by atoms with E-state index in [4.69, 9.17) is 0 Å². The molecule has 2 heterocycles. The third-order valence-electron chi connectivity index (χ3n) is 5.24. The number of nitrogens with zero attached hydrogens (tertiary/aromatic N) is 1. The molecule has 1 unspecified atom stereocenters. The molecule has 1 aromatic heterocycles. The van der Waals surface area contributed by atoms with Crippen molar-refractivity contribution in [2.75, 3.05) is 13.1 Å². The molecule has 0 radical (unpaired) electrons. The van der Waals surface area contributed by atoms with Gasteiger partial charge in [-0.15, -0.1) is 11.3 Å². The fourth-order valence-electron chi connectivity index (χ4n) is 3.49. The van der Waals surface area contributed by atoms with Crippen LogP contribution in [-0.2, 0) is 21.0 Å². The topological polar surface area (TPSA) is 66.5 Å². The van der Waals surface area contributed by atoms with Gasteiger partial charge in [-0.2, -0.15) is 17.5 Å². The largest absolute Gasteiger partial charge is 0.416 e. The van der Waals surface area contributed by atoms with E-state index < -0.39 is 21.8 Å². The standard InChI is InChI=1S/C20H23F3N2O3S2/c1-2-17(18-7-4-12-29-18)24-19(26)14-8-10-25(11-9-14)30(27,28)16-6-3-5-15(13-16)20(21,22)23/h3-7,12-14,17H,2,8-11H2,1H3,(H,24,26). The summed E-state index contributed by atoms with van der Waals surface area (Å²) in [6, 6.07) is 7.55. The number of carbonyl (C=O) groups is 1. The second kappa shape index (κ2) is 9.07. The third kappa shape index (κ3) is 5.04. The zero-order valence-corrected chi connectivity index (χ0v) is 18.0. The van der Waals surface area contributed by atoms with Crippen molar-refractivity contribution in [3.8, 4) is 0 Å². The molecule has 0 aliphatic carbocycles. The van der Waals surface area contributed by atoms with Gasteiger partial charge < -0.3 is 5.32 Å². The summed E-state index contributed by atoms with van der Waals surface area (Å²) in [4.78, 5) is 13.3. The smallest absolute Gasteiger partial charge is 0.348 e. The monoisotopic (exact) mass is 460 g/mol. The fourth-order valence-corrected chi connectivity index (χ4v) is 5.87. The predicted octanol–water partition coefficient (Wildman–Crippen LogP) is 4.44. The lowest BCUT2D eigenvalue weighted by molar-refractivity contribution is -0.137. The first-order chi connectivity index (χ1) is 14.1. The first-order valence-electron chi connectivity index (χ1n) is 9.64. The van der Waals surface area contributed by atoms with Crippen molar-refractivity contribution < 1.29 is 26.4 Å². The molecule has 1 atom stereocenters. The number of alkyl halides is 3. The maximum atomic E-state index is 12.9. The van der Waals surface area contributed by atoms with Gasteiger partial charge in [-0.25, -0.2) is 8.42 Å². The summed E-state index contributed by atoms with van der Waals surface area (Å²) in [6.07, 6.45) is -3.22. The van der Waals surface area contributed by atoms with E-state index in [9.17, 15) is 26.4 Å². The Hall–Kier alpha value is -1.91. The summed E-state index contributed by atoms with van der Waals surface area (Å²) in [6.45, 7) is 2.16. The maximum Gasteiger partial charge on any atom is 0.416 e. The number of piperidine rings is 1. The fraction of sp³-hybridized carbons (Fsp3) is 0.450. The Morgan fingerprint density at radius 1 is 1.23 bits per heavy atom. The van der Waals surface area contributed by atoms with Crippen LogP contribution in [0.3, 0.4) is 0 Å². The zero-order chi connectivity index (χ0) is 21.9. The Bertz CT molecular complexity index is 967. The number of amides is 1. The Morgan fingerprint density at radius 2 is 1.93 bits per heavy atom. The second-order valence-corrected chi connectivity index (χ2v) is 10.1. The van der Waals surface area contributed by atoms with Crippen LogP contribution in [0.1, 0.15) is 42.7 Å². The predicted molar refractivity (Wildman–Crippen MR) is 108 cm³/mol. The molecule has 0 saturated carbocycles. The molecular weight excluding hydrogens is 437 g/mol. The van der Waals surface area contributed by atoms with Crippen molar-refractivity contribution in [2.45, 2.75) is 43.3 Å². The van der Waals surface area contributed by atoms with Crippen LogP contribution >= 0.6 is 11.3 Å². The van der Waals surface area contributed by atoms with Gasteiger partial charge in [-0.05, 0) is 48.9 Å². The van der Waals surface area contributed by atoms with Gasteiger partial charge in [0.2, 0.25) is 15.9 Å². The molecule has 0 bridgehead atoms. The van der Waals surface area contributed by atoms with Gasteiger partial charge in [0.05, 0.1) is 16.5 Å². The third-order valence-corrected chi connectivity index (χ3v) is 8.12. The van der Waals surface area contributed by atoms with E-state index in [-0.39, 0.29) is 35.9 Å². The average molecular weight is 461 g/mol. The summed E-state index contributed by atoms with van der Waals surface area (Å²) >= 11 is 1.57. The van der Waals surface area contributed by atoms with Crippen LogP contribution in [0.4, 0.5) is 13.2 Å². The molecule has 1 fully saturated rings. The number of benzene rings is 1. The van der Waals surface area contributed by atoms with E-state index >= 15 is 0 Å². The minimum absolute atomic E-state index is 0.0793. The lowest BCUT2D eigenvalue weighted by atomic mass is 9.96. The molecular formula is C20H23F3N2O3S2. The highest BCUT2D eigenvalue weighted by atomic mass is 32.2. The number of carbonyl (C=O) groups excluding carboxylic acids is 1. The highest BCUT2D eigenvalue weighted by molar-refractivity contribution is 7.89. The molecule has 1 aliphatic heterocycles. The molecule has 3 rings (SSSR count). The van der Waals surface area contributed by atoms with Gasteiger partial charge in [0.1, 0.15) is 0 Å². The normalized spacial score (nSPS) is 17.6. The number of halogens is 3. The summed E-state index contributed by atoms with van der Waals surface area (Å²) in [5.41, 5.74) is -1.00. The number of hydrogen-bond acceptors (Lipinski definition) is 4. The Morgan fingerprint density at radius 3 is 2.50 bits per heavy atom. The molecule has 30 heavy (non-hydrogen) atoms. The SMILES string of the molecule is CCC(NC(=O)C1CCN(S(=O)(=O)c2cccc(C(F)(F)F)c2)CC1)c1cccs1. The Labute approximate surface area is 178 Å². The number of rotatable bonds is 6. The molecule has 164 valence electrons. The molecule has 2 aromatic rings. The van der Waals surface area contributed by atoms with E-state index in [1.165, 1.54) is 0 Å². The summed E-state index contributed by atoms with van der Waals surface area (Å²) in [7, 11) is -4.05. The van der Waals surface area contributed by atoms with Gasteiger partial charge in [0, 0.05) is 23.9 Å². The maximum absolute atomic E-state index is 12.9. The molecule has 0 spiro atoms.